The average Bonchev–Trinajstić information content (AvgIpc) is 2.89. The van der Waals surface area contributed by atoms with E-state index in [9.17, 15) is 9.50 Å². The van der Waals surface area contributed by atoms with Gasteiger partial charge < -0.3 is 5.11 Å². The fourth-order valence-corrected chi connectivity index (χ4v) is 2.15. The maximum atomic E-state index is 14.0. The van der Waals surface area contributed by atoms with Crippen molar-refractivity contribution in [2.75, 3.05) is 0 Å². The Morgan fingerprint density at radius 1 is 1.35 bits per heavy atom. The Labute approximate surface area is 119 Å². The SMILES string of the molecule is CCC(C)n1ccc(CC(O)c2cccc(C)c2F)n1. The highest BCUT2D eigenvalue weighted by atomic mass is 19.1. The standard InChI is InChI=1S/C16H21FN2O/c1-4-12(3)19-9-8-13(18-19)10-15(20)14-7-5-6-11(2)16(14)17/h5-9,12,15,20H,4,10H2,1-3H3. The lowest BCUT2D eigenvalue weighted by molar-refractivity contribution is 0.172. The highest BCUT2D eigenvalue weighted by Gasteiger charge is 2.16. The zero-order valence-electron chi connectivity index (χ0n) is 12.2. The van der Waals surface area contributed by atoms with Gasteiger partial charge in [-0.1, -0.05) is 25.1 Å². The number of nitrogens with zero attached hydrogens (tertiary/aromatic N) is 2. The van der Waals surface area contributed by atoms with Crippen molar-refractivity contribution in [3.63, 3.8) is 0 Å². The van der Waals surface area contributed by atoms with Crippen molar-refractivity contribution in [3.05, 3.63) is 53.1 Å². The molecule has 4 heteroatoms. The zero-order chi connectivity index (χ0) is 14.7. The van der Waals surface area contributed by atoms with E-state index in [4.69, 9.17) is 0 Å². The second-order valence-electron chi connectivity index (χ2n) is 5.24. The van der Waals surface area contributed by atoms with Gasteiger partial charge in [-0.3, -0.25) is 4.68 Å². The summed E-state index contributed by atoms with van der Waals surface area (Å²) in [5, 5.41) is 14.6. The lowest BCUT2D eigenvalue weighted by Crippen LogP contribution is -2.08. The predicted octanol–water partition coefficient (Wildman–Crippen LogP) is 3.58. The third-order valence-corrected chi connectivity index (χ3v) is 3.69. The van der Waals surface area contributed by atoms with Crippen molar-refractivity contribution >= 4 is 0 Å². The lowest BCUT2D eigenvalue weighted by atomic mass is 10.0. The Bertz CT molecular complexity index is 580. The Morgan fingerprint density at radius 2 is 2.10 bits per heavy atom. The van der Waals surface area contributed by atoms with Crippen molar-refractivity contribution in [2.45, 2.75) is 45.8 Å². The summed E-state index contributed by atoms with van der Waals surface area (Å²) in [5.41, 5.74) is 1.66. The zero-order valence-corrected chi connectivity index (χ0v) is 12.2. The smallest absolute Gasteiger partial charge is 0.131 e. The Morgan fingerprint density at radius 3 is 2.80 bits per heavy atom. The van der Waals surface area contributed by atoms with E-state index in [0.29, 0.717) is 23.6 Å². The van der Waals surface area contributed by atoms with Crippen LogP contribution in [0.2, 0.25) is 0 Å². The molecule has 0 amide bonds. The molecule has 0 saturated heterocycles. The first-order valence-electron chi connectivity index (χ1n) is 7.00. The van der Waals surface area contributed by atoms with Crippen molar-refractivity contribution in [3.8, 4) is 0 Å². The molecule has 2 aromatic rings. The van der Waals surface area contributed by atoms with Gasteiger partial charge in [0.05, 0.1) is 11.8 Å². The van der Waals surface area contributed by atoms with Crippen LogP contribution in [0, 0.1) is 12.7 Å². The molecule has 1 aromatic carbocycles. The summed E-state index contributed by atoms with van der Waals surface area (Å²) in [6.45, 7) is 5.89. The molecule has 2 rings (SSSR count). The normalized spacial score (nSPS) is 14.2. The van der Waals surface area contributed by atoms with E-state index >= 15 is 0 Å². The number of rotatable bonds is 5. The van der Waals surface area contributed by atoms with Crippen molar-refractivity contribution in [2.24, 2.45) is 0 Å². The number of aromatic nitrogens is 2. The molecule has 1 N–H and O–H groups in total. The van der Waals surface area contributed by atoms with Crippen molar-refractivity contribution in [1.82, 2.24) is 9.78 Å². The Balaban J connectivity index is 2.13. The molecule has 0 bridgehead atoms. The Hall–Kier alpha value is -1.68. The van der Waals surface area contributed by atoms with Gasteiger partial charge in [0.1, 0.15) is 5.82 Å². The summed E-state index contributed by atoms with van der Waals surface area (Å²) in [4.78, 5) is 0. The van der Waals surface area contributed by atoms with E-state index < -0.39 is 6.10 Å². The van der Waals surface area contributed by atoms with E-state index in [1.165, 1.54) is 0 Å². The van der Waals surface area contributed by atoms with Crippen molar-refractivity contribution in [1.29, 1.82) is 0 Å². The average molecular weight is 276 g/mol. The first-order valence-corrected chi connectivity index (χ1v) is 7.00. The molecule has 0 aliphatic rings. The summed E-state index contributed by atoms with van der Waals surface area (Å²) >= 11 is 0. The molecule has 0 radical (unpaired) electrons. The van der Waals surface area contributed by atoms with Gasteiger partial charge in [0.2, 0.25) is 0 Å². The monoisotopic (exact) mass is 276 g/mol. The van der Waals surface area contributed by atoms with Gasteiger partial charge in [-0.2, -0.15) is 5.10 Å². The van der Waals surface area contributed by atoms with Crippen LogP contribution in [-0.2, 0) is 6.42 Å². The van der Waals surface area contributed by atoms with Crippen LogP contribution in [0.1, 0.15) is 49.2 Å². The van der Waals surface area contributed by atoms with Crippen LogP contribution >= 0.6 is 0 Å². The summed E-state index contributed by atoms with van der Waals surface area (Å²) < 4.78 is 15.8. The van der Waals surface area contributed by atoms with Gasteiger partial charge in [-0.05, 0) is 31.9 Å². The number of halogens is 1. The van der Waals surface area contributed by atoms with Crippen molar-refractivity contribution < 1.29 is 9.50 Å². The first-order chi connectivity index (χ1) is 9.52. The second kappa shape index (κ2) is 6.18. The quantitative estimate of drug-likeness (QED) is 0.906. The number of benzene rings is 1. The fraction of sp³-hybridized carbons (Fsp3) is 0.438. The van der Waals surface area contributed by atoms with Gasteiger partial charge >= 0.3 is 0 Å². The predicted molar refractivity (Wildman–Crippen MR) is 77.0 cm³/mol. The number of aryl methyl sites for hydroxylation is 1. The maximum absolute atomic E-state index is 14.0. The van der Waals surface area contributed by atoms with Crippen LogP contribution in [0.15, 0.2) is 30.5 Å². The highest BCUT2D eigenvalue weighted by molar-refractivity contribution is 5.27. The highest BCUT2D eigenvalue weighted by Crippen LogP contribution is 2.23. The second-order valence-corrected chi connectivity index (χ2v) is 5.24. The minimum absolute atomic E-state index is 0.323. The number of hydrogen-bond acceptors (Lipinski definition) is 2. The molecule has 0 spiro atoms. The molecule has 0 saturated carbocycles. The summed E-state index contributed by atoms with van der Waals surface area (Å²) in [7, 11) is 0. The Kier molecular flexibility index (Phi) is 4.55. The maximum Gasteiger partial charge on any atom is 0.131 e. The number of aliphatic hydroxyl groups is 1. The summed E-state index contributed by atoms with van der Waals surface area (Å²) in [5.74, 6) is -0.332. The third kappa shape index (κ3) is 3.07. The lowest BCUT2D eigenvalue weighted by Gasteiger charge is -2.12. The van der Waals surface area contributed by atoms with Crippen LogP contribution in [0.3, 0.4) is 0 Å². The molecule has 20 heavy (non-hydrogen) atoms. The molecule has 1 aromatic heterocycles. The molecule has 0 aliphatic heterocycles. The van der Waals surface area contributed by atoms with E-state index in [0.717, 1.165) is 12.1 Å². The van der Waals surface area contributed by atoms with Crippen LogP contribution in [0.25, 0.3) is 0 Å². The van der Waals surface area contributed by atoms with Crippen LogP contribution in [0.5, 0.6) is 0 Å². The van der Waals surface area contributed by atoms with E-state index in [1.807, 2.05) is 16.9 Å². The molecular formula is C16H21FN2O. The number of aliphatic hydroxyl groups excluding tert-OH is 1. The topological polar surface area (TPSA) is 38.0 Å². The molecular weight excluding hydrogens is 255 g/mol. The van der Waals surface area contributed by atoms with Crippen LogP contribution in [0.4, 0.5) is 4.39 Å². The molecule has 3 nitrogen and oxygen atoms in total. The summed E-state index contributed by atoms with van der Waals surface area (Å²) in [6, 6.07) is 7.29. The third-order valence-electron chi connectivity index (χ3n) is 3.69. The largest absolute Gasteiger partial charge is 0.388 e. The van der Waals surface area contributed by atoms with Crippen LogP contribution in [-0.4, -0.2) is 14.9 Å². The molecule has 2 unspecified atom stereocenters. The van der Waals surface area contributed by atoms with Gasteiger partial charge in [-0.25, -0.2) is 4.39 Å². The number of hydrogen-bond donors (Lipinski definition) is 1. The van der Waals surface area contributed by atoms with Gasteiger partial charge in [0.15, 0.2) is 0 Å². The van der Waals surface area contributed by atoms with E-state index in [1.54, 1.807) is 25.1 Å². The first kappa shape index (κ1) is 14.7. The summed E-state index contributed by atoms with van der Waals surface area (Å²) in [6.07, 6.45) is 2.36. The van der Waals surface area contributed by atoms with E-state index in [-0.39, 0.29) is 5.82 Å². The minimum atomic E-state index is -0.866. The minimum Gasteiger partial charge on any atom is -0.388 e. The van der Waals surface area contributed by atoms with Gasteiger partial charge in [-0.15, -0.1) is 0 Å². The van der Waals surface area contributed by atoms with E-state index in [2.05, 4.69) is 18.9 Å². The molecule has 108 valence electrons. The van der Waals surface area contributed by atoms with Gasteiger partial charge in [0, 0.05) is 24.2 Å². The molecule has 0 aliphatic carbocycles. The van der Waals surface area contributed by atoms with Gasteiger partial charge in [0.25, 0.3) is 0 Å². The fourth-order valence-electron chi connectivity index (χ4n) is 2.15. The van der Waals surface area contributed by atoms with Crippen LogP contribution < -0.4 is 0 Å². The molecule has 2 atom stereocenters. The molecule has 1 heterocycles. The molecule has 0 fully saturated rings.